The maximum Gasteiger partial charge on any atom is 0.337 e. The monoisotopic (exact) mass is 363 g/mol. The molecule has 1 aliphatic rings. The first kappa shape index (κ1) is 19.9. The van der Waals surface area contributed by atoms with Crippen LogP contribution in [0.25, 0.3) is 0 Å². The van der Waals surface area contributed by atoms with Crippen LogP contribution >= 0.6 is 0 Å². The predicted molar refractivity (Wildman–Crippen MR) is 98.0 cm³/mol. The number of hydrogen-bond acceptors (Lipinski definition) is 4. The van der Waals surface area contributed by atoms with Gasteiger partial charge in [0, 0.05) is 25.4 Å². The van der Waals surface area contributed by atoms with E-state index >= 15 is 0 Å². The van der Waals surface area contributed by atoms with Crippen LogP contribution in [0.4, 0.5) is 4.39 Å². The van der Waals surface area contributed by atoms with Crippen LogP contribution < -0.4 is 5.32 Å². The number of methoxy groups -OCH3 is 1. The van der Waals surface area contributed by atoms with Crippen molar-refractivity contribution in [1.82, 2.24) is 10.2 Å². The highest BCUT2D eigenvalue weighted by Gasteiger charge is 2.34. The van der Waals surface area contributed by atoms with Crippen LogP contribution in [0.2, 0.25) is 0 Å². The number of nitrogens with one attached hydrogen (secondary N) is 1. The van der Waals surface area contributed by atoms with Gasteiger partial charge in [-0.1, -0.05) is 12.1 Å². The van der Waals surface area contributed by atoms with Crippen molar-refractivity contribution in [3.63, 3.8) is 0 Å². The van der Waals surface area contributed by atoms with Gasteiger partial charge in [-0.25, -0.2) is 9.18 Å². The van der Waals surface area contributed by atoms with E-state index in [-0.39, 0.29) is 12.4 Å². The maximum absolute atomic E-state index is 13.7. The van der Waals surface area contributed by atoms with Crippen molar-refractivity contribution >= 4 is 11.9 Å². The topological polar surface area (TPSA) is 74.2 Å². The number of benzene rings is 1. The van der Waals surface area contributed by atoms with E-state index in [4.69, 9.17) is 9.84 Å². The van der Waals surface area contributed by atoms with Crippen molar-refractivity contribution in [3.05, 3.63) is 46.9 Å². The Labute approximate surface area is 153 Å². The molecular weight excluding hydrogens is 337 g/mol. The van der Waals surface area contributed by atoms with Crippen molar-refractivity contribution in [1.29, 1.82) is 0 Å². The number of aliphatic hydroxyl groups excluding tert-OH is 1. The van der Waals surface area contributed by atoms with E-state index in [0.717, 1.165) is 12.1 Å². The molecular formula is C19H26FN3O3. The fourth-order valence-corrected chi connectivity index (χ4v) is 3.03. The smallest absolute Gasteiger partial charge is 0.337 e. The Morgan fingerprint density at radius 3 is 2.81 bits per heavy atom. The average molecular weight is 363 g/mol. The molecule has 142 valence electrons. The summed E-state index contributed by atoms with van der Waals surface area (Å²) in [7, 11) is 1.33. The molecule has 0 spiro atoms. The second-order valence-electron chi connectivity index (χ2n) is 6.00. The van der Waals surface area contributed by atoms with E-state index in [2.05, 4.69) is 10.3 Å². The molecule has 7 heteroatoms. The third-order valence-corrected chi connectivity index (χ3v) is 4.34. The number of halogens is 1. The number of rotatable bonds is 7. The lowest BCUT2D eigenvalue weighted by Crippen LogP contribution is -2.49. The molecule has 26 heavy (non-hydrogen) atoms. The van der Waals surface area contributed by atoms with E-state index in [1.807, 2.05) is 18.7 Å². The number of aliphatic hydroxyl groups is 1. The number of guanidine groups is 1. The van der Waals surface area contributed by atoms with Crippen LogP contribution in [-0.4, -0.2) is 48.7 Å². The molecule has 0 saturated carbocycles. The Bertz CT molecular complexity index is 703. The zero-order chi connectivity index (χ0) is 19.1. The van der Waals surface area contributed by atoms with Gasteiger partial charge in [0.2, 0.25) is 0 Å². The van der Waals surface area contributed by atoms with Gasteiger partial charge in [-0.3, -0.25) is 4.99 Å². The van der Waals surface area contributed by atoms with Gasteiger partial charge in [-0.15, -0.1) is 0 Å². The Kier molecular flexibility index (Phi) is 7.15. The highest BCUT2D eigenvalue weighted by atomic mass is 19.1. The largest absolute Gasteiger partial charge is 0.466 e. The molecule has 0 amide bonds. The van der Waals surface area contributed by atoms with E-state index in [1.54, 1.807) is 12.1 Å². The molecule has 1 heterocycles. The first-order valence-electron chi connectivity index (χ1n) is 8.77. The van der Waals surface area contributed by atoms with Crippen molar-refractivity contribution < 1.29 is 19.0 Å². The normalized spacial score (nSPS) is 18.9. The summed E-state index contributed by atoms with van der Waals surface area (Å²) in [6.45, 7) is 5.11. The highest BCUT2D eigenvalue weighted by Crippen LogP contribution is 2.31. The predicted octanol–water partition coefficient (Wildman–Crippen LogP) is 2.37. The number of ether oxygens (including phenoxy) is 1. The van der Waals surface area contributed by atoms with Crippen molar-refractivity contribution in [2.75, 3.05) is 26.8 Å². The number of unbranched alkanes of at least 4 members (excludes halogenated alkanes) is 1. The number of aliphatic imine (C=N–C) groups is 1. The number of nitrogens with zero attached hydrogens (tertiary/aromatic N) is 2. The Morgan fingerprint density at radius 2 is 2.19 bits per heavy atom. The van der Waals surface area contributed by atoms with Crippen LogP contribution in [-0.2, 0) is 9.53 Å². The number of carbonyl (C=O) groups is 1. The number of hydrogen-bond donors (Lipinski definition) is 2. The van der Waals surface area contributed by atoms with Gasteiger partial charge in [-0.2, -0.15) is 0 Å². The first-order chi connectivity index (χ1) is 12.5. The minimum atomic E-state index is -0.544. The molecule has 0 aromatic heterocycles. The van der Waals surface area contributed by atoms with Crippen LogP contribution in [0.15, 0.2) is 40.5 Å². The SMILES string of the molecule is CCN1C(=NCCCCO)N[C@@H](c2cccc(F)c2)C(C(=O)OC)=C1C. The summed E-state index contributed by atoms with van der Waals surface area (Å²) in [6.07, 6.45) is 1.44. The molecule has 0 aliphatic carbocycles. The van der Waals surface area contributed by atoms with Crippen LogP contribution in [0.5, 0.6) is 0 Å². The summed E-state index contributed by atoms with van der Waals surface area (Å²) >= 11 is 0. The summed E-state index contributed by atoms with van der Waals surface area (Å²) in [4.78, 5) is 18.9. The average Bonchev–Trinajstić information content (AvgIpc) is 2.64. The molecule has 6 nitrogen and oxygen atoms in total. The van der Waals surface area contributed by atoms with E-state index in [9.17, 15) is 9.18 Å². The number of allylic oxidation sites excluding steroid dienone is 1. The molecule has 0 saturated heterocycles. The highest BCUT2D eigenvalue weighted by molar-refractivity contribution is 5.96. The number of carbonyl (C=O) groups excluding carboxylic acids is 1. The third-order valence-electron chi connectivity index (χ3n) is 4.34. The summed E-state index contributed by atoms with van der Waals surface area (Å²) < 4.78 is 18.7. The van der Waals surface area contributed by atoms with Gasteiger partial charge in [0.1, 0.15) is 5.82 Å². The van der Waals surface area contributed by atoms with Gasteiger partial charge in [0.05, 0.1) is 18.7 Å². The fraction of sp³-hybridized carbons (Fsp3) is 0.474. The summed E-state index contributed by atoms with van der Waals surface area (Å²) in [5.41, 5.74) is 1.80. The second-order valence-corrected chi connectivity index (χ2v) is 6.00. The number of esters is 1. The summed E-state index contributed by atoms with van der Waals surface area (Å²) in [5.74, 6) is -0.197. The molecule has 0 radical (unpaired) electrons. The van der Waals surface area contributed by atoms with Gasteiger partial charge in [-0.05, 0) is 44.4 Å². The summed E-state index contributed by atoms with van der Waals surface area (Å²) in [5, 5.41) is 12.2. The minimum absolute atomic E-state index is 0.132. The van der Waals surface area contributed by atoms with Gasteiger partial charge in [0.25, 0.3) is 0 Å². The summed E-state index contributed by atoms with van der Waals surface area (Å²) in [6, 6.07) is 5.60. The minimum Gasteiger partial charge on any atom is -0.466 e. The molecule has 1 atom stereocenters. The Morgan fingerprint density at radius 1 is 1.42 bits per heavy atom. The molecule has 0 fully saturated rings. The van der Waals surface area contributed by atoms with Crippen molar-refractivity contribution in [3.8, 4) is 0 Å². The molecule has 1 aromatic carbocycles. The van der Waals surface area contributed by atoms with Crippen LogP contribution in [0.3, 0.4) is 0 Å². The molecule has 0 unspecified atom stereocenters. The molecule has 2 N–H and O–H groups in total. The van der Waals surface area contributed by atoms with Crippen molar-refractivity contribution in [2.45, 2.75) is 32.7 Å². The lowest BCUT2D eigenvalue weighted by molar-refractivity contribution is -0.136. The molecule has 2 rings (SSSR count). The van der Waals surface area contributed by atoms with Gasteiger partial charge >= 0.3 is 5.97 Å². The zero-order valence-corrected chi connectivity index (χ0v) is 15.5. The van der Waals surface area contributed by atoms with Gasteiger partial charge in [0.15, 0.2) is 5.96 Å². The van der Waals surface area contributed by atoms with E-state index in [1.165, 1.54) is 19.2 Å². The fourth-order valence-electron chi connectivity index (χ4n) is 3.03. The zero-order valence-electron chi connectivity index (χ0n) is 15.5. The maximum atomic E-state index is 13.7. The van der Waals surface area contributed by atoms with Gasteiger partial charge < -0.3 is 20.1 Å². The van der Waals surface area contributed by atoms with Crippen LogP contribution in [0.1, 0.15) is 38.3 Å². The van der Waals surface area contributed by atoms with Crippen LogP contribution in [0, 0.1) is 5.82 Å². The Balaban J connectivity index is 2.46. The Hall–Kier alpha value is -2.41. The van der Waals surface area contributed by atoms with Crippen molar-refractivity contribution in [2.24, 2.45) is 4.99 Å². The standard InChI is InChI=1S/C19H26FN3O3/c1-4-23-13(2)16(18(25)26-3)17(14-8-7-9-15(20)12-14)22-19(23)21-10-5-6-11-24/h7-9,12,17,24H,4-6,10-11H2,1-3H3,(H,21,22)/t17-/m0/s1. The van der Waals surface area contributed by atoms with E-state index < -0.39 is 12.0 Å². The second kappa shape index (κ2) is 9.33. The molecule has 0 bridgehead atoms. The quantitative estimate of drug-likeness (QED) is 0.575. The van der Waals surface area contributed by atoms with E-state index in [0.29, 0.717) is 36.6 Å². The first-order valence-corrected chi connectivity index (χ1v) is 8.77. The molecule has 1 aromatic rings. The lowest BCUT2D eigenvalue weighted by atomic mass is 9.94. The third kappa shape index (κ3) is 4.40. The molecule has 1 aliphatic heterocycles. The lowest BCUT2D eigenvalue weighted by Gasteiger charge is -2.37.